The van der Waals surface area contributed by atoms with E-state index in [-0.39, 0.29) is 15.1 Å². The van der Waals surface area contributed by atoms with E-state index >= 15 is 0 Å². The predicted octanol–water partition coefficient (Wildman–Crippen LogP) is 4.79. The minimum atomic E-state index is -1.09. The summed E-state index contributed by atoms with van der Waals surface area (Å²) in [6.07, 6.45) is 1.80. The minimum absolute atomic E-state index is 0.0862. The summed E-state index contributed by atoms with van der Waals surface area (Å²) in [5.41, 5.74) is 0.317. The van der Waals surface area contributed by atoms with E-state index in [0.717, 1.165) is 16.7 Å². The highest BCUT2D eigenvalue weighted by atomic mass is 32.2. The lowest BCUT2D eigenvalue weighted by atomic mass is 10.0. The van der Waals surface area contributed by atoms with E-state index in [9.17, 15) is 19.1 Å². The molecule has 1 saturated heterocycles. The van der Waals surface area contributed by atoms with Gasteiger partial charge < -0.3 is 9.52 Å². The average Bonchev–Trinajstić information content (AvgIpc) is 3.18. The SMILES string of the molecule is CC(C)C[C@H](C(=O)O)N1C(=O)/C(=C/c2ccc(-c3ccccc3F)o2)SC1=S. The molecule has 1 N–H and O–H groups in total. The summed E-state index contributed by atoms with van der Waals surface area (Å²) < 4.78 is 19.8. The summed E-state index contributed by atoms with van der Waals surface area (Å²) in [7, 11) is 0. The molecule has 0 spiro atoms. The van der Waals surface area contributed by atoms with Crippen LogP contribution in [0.1, 0.15) is 26.0 Å². The third-order valence-electron chi connectivity index (χ3n) is 4.15. The summed E-state index contributed by atoms with van der Waals surface area (Å²) >= 11 is 6.27. The Kier molecular flexibility index (Phi) is 6.00. The third-order valence-corrected chi connectivity index (χ3v) is 5.48. The number of hydrogen-bond acceptors (Lipinski definition) is 5. The number of carbonyl (C=O) groups is 2. The summed E-state index contributed by atoms with van der Waals surface area (Å²) in [5.74, 6) is -1.19. The highest BCUT2D eigenvalue weighted by Crippen LogP contribution is 2.36. The van der Waals surface area contributed by atoms with Crippen LogP contribution in [-0.2, 0) is 9.59 Å². The number of furan rings is 1. The number of amides is 1. The van der Waals surface area contributed by atoms with E-state index in [1.165, 1.54) is 12.1 Å². The van der Waals surface area contributed by atoms with E-state index in [4.69, 9.17) is 16.6 Å². The number of aliphatic carboxylic acids is 1. The van der Waals surface area contributed by atoms with Gasteiger partial charge in [0.1, 0.15) is 27.7 Å². The Morgan fingerprint density at radius 1 is 1.32 bits per heavy atom. The van der Waals surface area contributed by atoms with Crippen molar-refractivity contribution in [3.63, 3.8) is 0 Å². The molecule has 1 amide bonds. The van der Waals surface area contributed by atoms with Gasteiger partial charge in [-0.15, -0.1) is 0 Å². The van der Waals surface area contributed by atoms with Crippen molar-refractivity contribution in [2.45, 2.75) is 26.3 Å². The van der Waals surface area contributed by atoms with Gasteiger partial charge in [-0.1, -0.05) is 50.0 Å². The molecular formula is C20H18FNO4S2. The molecular weight excluding hydrogens is 401 g/mol. The molecule has 5 nitrogen and oxygen atoms in total. The van der Waals surface area contributed by atoms with Crippen LogP contribution in [0.15, 0.2) is 45.7 Å². The second-order valence-electron chi connectivity index (χ2n) is 6.72. The first kappa shape index (κ1) is 20.3. The first-order valence-corrected chi connectivity index (χ1v) is 9.85. The molecule has 8 heteroatoms. The van der Waals surface area contributed by atoms with Crippen LogP contribution in [-0.4, -0.2) is 32.2 Å². The summed E-state index contributed by atoms with van der Waals surface area (Å²) in [6.45, 7) is 3.77. The van der Waals surface area contributed by atoms with Gasteiger partial charge in [-0.2, -0.15) is 0 Å². The van der Waals surface area contributed by atoms with Crippen LogP contribution in [0.25, 0.3) is 17.4 Å². The quantitative estimate of drug-likeness (QED) is 0.536. The van der Waals surface area contributed by atoms with E-state index in [2.05, 4.69) is 0 Å². The predicted molar refractivity (Wildman–Crippen MR) is 110 cm³/mol. The Morgan fingerprint density at radius 2 is 2.04 bits per heavy atom. The van der Waals surface area contributed by atoms with Crippen molar-refractivity contribution in [1.29, 1.82) is 0 Å². The Bertz CT molecular complexity index is 967. The summed E-state index contributed by atoms with van der Waals surface area (Å²) in [6, 6.07) is 8.45. The van der Waals surface area contributed by atoms with Crippen molar-refractivity contribution in [1.82, 2.24) is 4.90 Å². The van der Waals surface area contributed by atoms with Gasteiger partial charge in [0.25, 0.3) is 5.91 Å². The fraction of sp³-hybridized carbons (Fsp3) is 0.250. The number of carboxylic acids is 1. The monoisotopic (exact) mass is 419 g/mol. The van der Waals surface area contributed by atoms with Crippen molar-refractivity contribution < 1.29 is 23.5 Å². The molecule has 1 atom stereocenters. The topological polar surface area (TPSA) is 70.8 Å². The maximum absolute atomic E-state index is 13.9. The van der Waals surface area contributed by atoms with Crippen LogP contribution in [0.5, 0.6) is 0 Å². The molecule has 2 heterocycles. The summed E-state index contributed by atoms with van der Waals surface area (Å²) in [5, 5.41) is 9.51. The zero-order chi connectivity index (χ0) is 20.4. The number of thioether (sulfide) groups is 1. The zero-order valence-electron chi connectivity index (χ0n) is 15.2. The second-order valence-corrected chi connectivity index (χ2v) is 8.39. The number of halogens is 1. The van der Waals surface area contributed by atoms with E-state index in [0.29, 0.717) is 23.5 Å². The molecule has 1 aromatic heterocycles. The number of benzene rings is 1. The molecule has 0 bridgehead atoms. The van der Waals surface area contributed by atoms with E-state index in [1.54, 1.807) is 30.3 Å². The fourth-order valence-corrected chi connectivity index (χ4v) is 4.21. The molecule has 3 rings (SSSR count). The van der Waals surface area contributed by atoms with Gasteiger partial charge in [0, 0.05) is 6.08 Å². The second kappa shape index (κ2) is 8.28. The molecule has 0 radical (unpaired) electrons. The smallest absolute Gasteiger partial charge is 0.326 e. The van der Waals surface area contributed by atoms with Crippen LogP contribution >= 0.6 is 24.0 Å². The number of carbonyl (C=O) groups excluding carboxylic acids is 1. The number of hydrogen-bond donors (Lipinski definition) is 1. The summed E-state index contributed by atoms with van der Waals surface area (Å²) in [4.78, 5) is 25.8. The van der Waals surface area contributed by atoms with E-state index in [1.807, 2.05) is 13.8 Å². The maximum atomic E-state index is 13.9. The average molecular weight is 419 g/mol. The van der Waals surface area contributed by atoms with Gasteiger partial charge in [-0.25, -0.2) is 9.18 Å². The maximum Gasteiger partial charge on any atom is 0.326 e. The lowest BCUT2D eigenvalue weighted by Crippen LogP contribution is -2.44. The number of nitrogens with zero attached hydrogens (tertiary/aromatic N) is 1. The van der Waals surface area contributed by atoms with Gasteiger partial charge in [-0.05, 0) is 36.6 Å². The largest absolute Gasteiger partial charge is 0.480 e. The normalized spacial score (nSPS) is 17.0. The Morgan fingerprint density at radius 3 is 2.68 bits per heavy atom. The number of thiocarbonyl (C=S) groups is 1. The third kappa shape index (κ3) is 4.18. The fourth-order valence-electron chi connectivity index (χ4n) is 2.88. The molecule has 1 aromatic carbocycles. The van der Waals surface area contributed by atoms with Crippen molar-refractivity contribution in [2.24, 2.45) is 5.92 Å². The molecule has 0 saturated carbocycles. The first-order chi connectivity index (χ1) is 13.3. The van der Waals surface area contributed by atoms with Crippen LogP contribution in [0.3, 0.4) is 0 Å². The van der Waals surface area contributed by atoms with Crippen molar-refractivity contribution in [2.75, 3.05) is 0 Å². The molecule has 0 unspecified atom stereocenters. The first-order valence-electron chi connectivity index (χ1n) is 8.62. The zero-order valence-corrected chi connectivity index (χ0v) is 16.8. The molecule has 146 valence electrons. The molecule has 2 aromatic rings. The van der Waals surface area contributed by atoms with Crippen molar-refractivity contribution >= 4 is 46.3 Å². The lowest BCUT2D eigenvalue weighted by Gasteiger charge is -2.24. The highest BCUT2D eigenvalue weighted by Gasteiger charge is 2.40. The Labute approximate surface area is 171 Å². The molecule has 28 heavy (non-hydrogen) atoms. The van der Waals surface area contributed by atoms with Gasteiger partial charge in [0.15, 0.2) is 0 Å². The van der Waals surface area contributed by atoms with Crippen LogP contribution in [0.2, 0.25) is 0 Å². The van der Waals surface area contributed by atoms with Gasteiger partial charge >= 0.3 is 5.97 Å². The standard InChI is InChI=1S/C20H18FNO4S2/c1-11(2)9-15(19(24)25)22-18(23)17(28-20(22)27)10-12-7-8-16(26-12)13-5-3-4-6-14(13)21/h3-8,10-11,15H,9H2,1-2H3,(H,24,25)/b17-10-/t15-/m1/s1. The van der Waals surface area contributed by atoms with Crippen LogP contribution in [0, 0.1) is 11.7 Å². The van der Waals surface area contributed by atoms with Crippen molar-refractivity contribution in [3.05, 3.63) is 52.9 Å². The molecule has 1 aliphatic rings. The van der Waals surface area contributed by atoms with Gasteiger partial charge in [0.2, 0.25) is 0 Å². The molecule has 1 aliphatic heterocycles. The van der Waals surface area contributed by atoms with Crippen LogP contribution < -0.4 is 0 Å². The highest BCUT2D eigenvalue weighted by molar-refractivity contribution is 8.26. The van der Waals surface area contributed by atoms with Crippen LogP contribution in [0.4, 0.5) is 4.39 Å². The minimum Gasteiger partial charge on any atom is -0.480 e. The van der Waals surface area contributed by atoms with Gasteiger partial charge in [0.05, 0.1) is 10.5 Å². The van der Waals surface area contributed by atoms with E-state index < -0.39 is 23.7 Å². The van der Waals surface area contributed by atoms with Gasteiger partial charge in [-0.3, -0.25) is 9.69 Å². The lowest BCUT2D eigenvalue weighted by molar-refractivity contribution is -0.145. The number of carboxylic acid groups (broad SMARTS) is 1. The Balaban J connectivity index is 1.86. The molecule has 0 aliphatic carbocycles. The number of rotatable bonds is 6. The Hall–Kier alpha value is -2.45. The molecule has 1 fully saturated rings. The van der Waals surface area contributed by atoms with Crippen molar-refractivity contribution in [3.8, 4) is 11.3 Å².